The zero-order chi connectivity index (χ0) is 21.1. The Bertz CT molecular complexity index is 808. The molecule has 28 heavy (non-hydrogen) atoms. The average Bonchev–Trinajstić information content (AvgIpc) is 2.91. The van der Waals surface area contributed by atoms with E-state index in [4.69, 9.17) is 0 Å². The lowest BCUT2D eigenvalue weighted by molar-refractivity contribution is 0.475. The molecular weight excluding hydrogens is 348 g/mol. The Morgan fingerprint density at radius 3 is 2.36 bits per heavy atom. The van der Waals surface area contributed by atoms with E-state index in [9.17, 15) is 9.90 Å². The molecule has 1 aromatic heterocycles. The Morgan fingerprint density at radius 2 is 1.86 bits per heavy atom. The smallest absolute Gasteiger partial charge is 0.328 e. The predicted octanol–water partition coefficient (Wildman–Crippen LogP) is 5.25. The molecule has 1 aromatic carbocycles. The lowest BCUT2D eigenvalue weighted by atomic mass is 10.1. The van der Waals surface area contributed by atoms with Gasteiger partial charge in [-0.25, -0.2) is 4.79 Å². The number of rotatable bonds is 8. The normalized spacial score (nSPS) is 11.3. The highest BCUT2D eigenvalue weighted by atomic mass is 16.3. The fraction of sp³-hybridized carbons (Fsp3) is 0.458. The van der Waals surface area contributed by atoms with E-state index >= 15 is 0 Å². The first kappa shape index (κ1) is 23.5. The van der Waals surface area contributed by atoms with Crippen molar-refractivity contribution in [2.75, 3.05) is 0 Å². The first-order chi connectivity index (χ1) is 13.3. The molecule has 0 saturated carbocycles. The van der Waals surface area contributed by atoms with Crippen molar-refractivity contribution < 1.29 is 5.11 Å². The van der Waals surface area contributed by atoms with Crippen molar-refractivity contribution in [1.29, 1.82) is 0 Å². The Balaban J connectivity index is 0.000000568. The summed E-state index contributed by atoms with van der Waals surface area (Å²) in [5.74, 6) is 1.07. The van der Waals surface area contributed by atoms with Crippen LogP contribution in [0.5, 0.6) is 5.75 Å². The second kappa shape index (κ2) is 12.1. The lowest BCUT2D eigenvalue weighted by Gasteiger charge is -2.02. The van der Waals surface area contributed by atoms with Crippen molar-refractivity contribution in [3.63, 3.8) is 0 Å². The average molecular weight is 385 g/mol. The first-order valence-corrected chi connectivity index (χ1v) is 10.0. The number of hydrogen-bond donors (Lipinski definition) is 1. The van der Waals surface area contributed by atoms with Crippen molar-refractivity contribution in [2.45, 2.75) is 59.9 Å². The second-order valence-electron chi connectivity index (χ2n) is 7.66. The van der Waals surface area contributed by atoms with Gasteiger partial charge in [0.1, 0.15) is 5.75 Å². The van der Waals surface area contributed by atoms with Gasteiger partial charge in [0.05, 0.1) is 0 Å². The largest absolute Gasteiger partial charge is 0.508 e. The number of phenolic OH excluding ortho intramolecular Hbond substituents is 1. The van der Waals surface area contributed by atoms with Crippen LogP contribution in [0.2, 0.25) is 0 Å². The van der Waals surface area contributed by atoms with E-state index in [0.29, 0.717) is 12.3 Å². The Hall–Kier alpha value is -2.49. The Morgan fingerprint density at radius 1 is 1.21 bits per heavy atom. The van der Waals surface area contributed by atoms with Crippen LogP contribution in [0.25, 0.3) is 0 Å². The van der Waals surface area contributed by atoms with Gasteiger partial charge in [0.25, 0.3) is 0 Å². The van der Waals surface area contributed by atoms with Gasteiger partial charge >= 0.3 is 5.69 Å². The summed E-state index contributed by atoms with van der Waals surface area (Å²) in [7, 11) is 1.83. The van der Waals surface area contributed by atoms with E-state index in [-0.39, 0.29) is 5.69 Å². The van der Waals surface area contributed by atoms with Gasteiger partial charge in [-0.15, -0.1) is 6.58 Å². The van der Waals surface area contributed by atoms with Crippen LogP contribution in [-0.4, -0.2) is 14.2 Å². The summed E-state index contributed by atoms with van der Waals surface area (Å²) in [4.78, 5) is 12.2. The van der Waals surface area contributed by atoms with Gasteiger partial charge in [0, 0.05) is 25.5 Å². The van der Waals surface area contributed by atoms with Crippen molar-refractivity contribution in [3.8, 4) is 5.75 Å². The Labute approximate surface area is 169 Å². The molecule has 2 aromatic rings. The summed E-state index contributed by atoms with van der Waals surface area (Å²) in [5.41, 5.74) is 3.49. The molecule has 0 spiro atoms. The highest BCUT2D eigenvalue weighted by molar-refractivity contribution is 5.26. The number of phenols is 1. The molecule has 0 aliphatic rings. The van der Waals surface area contributed by atoms with Crippen LogP contribution < -0.4 is 5.69 Å². The highest BCUT2D eigenvalue weighted by Crippen LogP contribution is 2.12. The third-order valence-corrected chi connectivity index (χ3v) is 4.65. The molecule has 4 nitrogen and oxygen atoms in total. The predicted molar refractivity (Wildman–Crippen MR) is 119 cm³/mol. The number of nitrogens with zero attached hydrogens (tertiary/aromatic N) is 2. The molecular formula is C24H36N2O2. The summed E-state index contributed by atoms with van der Waals surface area (Å²) in [6.45, 7) is 12.6. The molecule has 0 saturated heterocycles. The highest BCUT2D eigenvalue weighted by Gasteiger charge is 2.08. The number of benzene rings is 1. The Kier molecular flexibility index (Phi) is 10.1. The van der Waals surface area contributed by atoms with E-state index in [1.54, 1.807) is 21.3 Å². The fourth-order valence-corrected chi connectivity index (χ4v) is 2.81. The minimum atomic E-state index is 0.0424. The van der Waals surface area contributed by atoms with E-state index in [0.717, 1.165) is 37.3 Å². The van der Waals surface area contributed by atoms with Gasteiger partial charge in [-0.3, -0.25) is 9.13 Å². The second-order valence-corrected chi connectivity index (χ2v) is 7.66. The third kappa shape index (κ3) is 8.03. The molecule has 1 heterocycles. The number of aromatic nitrogens is 2. The molecule has 1 N–H and O–H groups in total. The van der Waals surface area contributed by atoms with E-state index < -0.39 is 0 Å². The summed E-state index contributed by atoms with van der Waals surface area (Å²) < 4.78 is 3.50. The van der Waals surface area contributed by atoms with Gasteiger partial charge in [0.15, 0.2) is 0 Å². The molecule has 0 unspecified atom stereocenters. The number of hydrogen-bond acceptors (Lipinski definition) is 2. The molecule has 4 heteroatoms. The van der Waals surface area contributed by atoms with Crippen LogP contribution in [0.15, 0.2) is 59.6 Å². The van der Waals surface area contributed by atoms with Gasteiger partial charge in [0.2, 0.25) is 0 Å². The minimum Gasteiger partial charge on any atom is -0.508 e. The van der Waals surface area contributed by atoms with Crippen LogP contribution in [0.1, 0.15) is 51.8 Å². The van der Waals surface area contributed by atoms with Gasteiger partial charge in [-0.1, -0.05) is 43.7 Å². The molecule has 0 amide bonds. The molecule has 0 bridgehead atoms. The summed E-state index contributed by atoms with van der Waals surface area (Å²) in [5, 5.41) is 9.28. The fourth-order valence-electron chi connectivity index (χ4n) is 2.81. The minimum absolute atomic E-state index is 0.0424. The molecule has 0 aliphatic carbocycles. The first-order valence-electron chi connectivity index (χ1n) is 10.0. The van der Waals surface area contributed by atoms with Crippen molar-refractivity contribution >= 4 is 0 Å². The maximum absolute atomic E-state index is 12.2. The molecule has 0 fully saturated rings. The van der Waals surface area contributed by atoms with Crippen LogP contribution in [0, 0.1) is 5.92 Å². The third-order valence-electron chi connectivity index (χ3n) is 4.65. The number of imidazole rings is 1. The maximum atomic E-state index is 12.2. The quantitative estimate of drug-likeness (QED) is 0.632. The zero-order valence-corrected chi connectivity index (χ0v) is 18.1. The van der Waals surface area contributed by atoms with Gasteiger partial charge in [-0.2, -0.15) is 0 Å². The maximum Gasteiger partial charge on any atom is 0.328 e. The SMILES string of the molecule is C/C=C(\C)Cn1cc(CCCc2ccc(O)cc2)n(C)c1=O.C=CCC(C)C. The summed E-state index contributed by atoms with van der Waals surface area (Å²) >= 11 is 0. The van der Waals surface area contributed by atoms with E-state index in [1.807, 2.05) is 51.4 Å². The number of allylic oxidation sites excluding steroid dienone is 3. The monoisotopic (exact) mass is 384 g/mol. The molecule has 2 rings (SSSR count). The van der Waals surface area contributed by atoms with E-state index in [2.05, 4.69) is 20.4 Å². The lowest BCUT2D eigenvalue weighted by Crippen LogP contribution is -2.23. The topological polar surface area (TPSA) is 47.2 Å². The molecule has 0 aliphatic heterocycles. The van der Waals surface area contributed by atoms with E-state index in [1.165, 1.54) is 11.1 Å². The van der Waals surface area contributed by atoms with Crippen LogP contribution in [0.4, 0.5) is 0 Å². The summed E-state index contributed by atoms with van der Waals surface area (Å²) in [6, 6.07) is 7.30. The molecule has 0 atom stereocenters. The standard InChI is InChI=1S/C18H24N2O2.C6H12/c1-4-14(2)12-20-13-16(19(3)18(20)22)7-5-6-15-8-10-17(21)11-9-15;1-4-5-6(2)3/h4,8-11,13,21H,5-7,12H2,1-3H3;4,6H,1,5H2,2-3H3/b14-4+;. The van der Waals surface area contributed by atoms with Crippen molar-refractivity contribution in [2.24, 2.45) is 13.0 Å². The van der Waals surface area contributed by atoms with Crippen molar-refractivity contribution in [1.82, 2.24) is 9.13 Å². The van der Waals surface area contributed by atoms with Crippen molar-refractivity contribution in [3.05, 3.63) is 76.5 Å². The van der Waals surface area contributed by atoms with Crippen LogP contribution >= 0.6 is 0 Å². The van der Waals surface area contributed by atoms with Crippen LogP contribution in [0.3, 0.4) is 0 Å². The van der Waals surface area contributed by atoms with Gasteiger partial charge < -0.3 is 5.11 Å². The molecule has 0 radical (unpaired) electrons. The van der Waals surface area contributed by atoms with Gasteiger partial charge in [-0.05, 0) is 63.1 Å². The summed E-state index contributed by atoms with van der Waals surface area (Å²) in [6.07, 6.45) is 9.87. The zero-order valence-electron chi connectivity index (χ0n) is 18.1. The number of aryl methyl sites for hydroxylation is 2. The van der Waals surface area contributed by atoms with Crippen LogP contribution in [-0.2, 0) is 26.4 Å². The molecule has 154 valence electrons. The number of aromatic hydroxyl groups is 1.